The topological polar surface area (TPSA) is 41.1 Å². The first-order chi connectivity index (χ1) is 7.63. The van der Waals surface area contributed by atoms with Gasteiger partial charge in [0.05, 0.1) is 6.54 Å². The van der Waals surface area contributed by atoms with E-state index in [1.54, 1.807) is 0 Å². The molecule has 3 heteroatoms. The molecule has 94 valence electrons. The summed E-state index contributed by atoms with van der Waals surface area (Å²) in [4.78, 5) is 11.6. The summed E-state index contributed by atoms with van der Waals surface area (Å²) < 4.78 is 0. The van der Waals surface area contributed by atoms with Crippen molar-refractivity contribution in [3.63, 3.8) is 0 Å². The molecule has 0 saturated heterocycles. The first kappa shape index (κ1) is 13.5. The lowest BCUT2D eigenvalue weighted by Gasteiger charge is -2.33. The number of nitrogens with one attached hydrogen (secondary N) is 2. The third-order valence-electron chi connectivity index (χ3n) is 3.49. The Morgan fingerprint density at radius 3 is 2.69 bits per heavy atom. The molecule has 3 atom stereocenters. The van der Waals surface area contributed by atoms with Gasteiger partial charge in [-0.15, -0.1) is 0 Å². The summed E-state index contributed by atoms with van der Waals surface area (Å²) in [7, 11) is 0. The van der Waals surface area contributed by atoms with Crippen LogP contribution in [0.1, 0.15) is 46.5 Å². The lowest BCUT2D eigenvalue weighted by molar-refractivity contribution is -0.121. The van der Waals surface area contributed by atoms with Gasteiger partial charge in [-0.05, 0) is 44.1 Å². The van der Waals surface area contributed by atoms with E-state index in [0.717, 1.165) is 25.3 Å². The molecule has 0 aromatic carbocycles. The van der Waals surface area contributed by atoms with E-state index in [4.69, 9.17) is 0 Å². The summed E-state index contributed by atoms with van der Waals surface area (Å²) in [5.74, 6) is 1.60. The largest absolute Gasteiger partial charge is 0.352 e. The van der Waals surface area contributed by atoms with Gasteiger partial charge in [-0.1, -0.05) is 20.8 Å². The Morgan fingerprint density at radius 2 is 2.06 bits per heavy atom. The van der Waals surface area contributed by atoms with Gasteiger partial charge in [0.2, 0.25) is 5.91 Å². The van der Waals surface area contributed by atoms with Crippen molar-refractivity contribution in [3.05, 3.63) is 0 Å². The summed E-state index contributed by atoms with van der Waals surface area (Å²) >= 11 is 0. The summed E-state index contributed by atoms with van der Waals surface area (Å²) in [6, 6.07) is 0.395. The smallest absolute Gasteiger partial charge is 0.234 e. The maximum absolute atomic E-state index is 11.6. The molecule has 2 N–H and O–H groups in total. The monoisotopic (exact) mass is 226 g/mol. The molecule has 1 amide bonds. The third kappa shape index (κ3) is 4.52. The van der Waals surface area contributed by atoms with Crippen LogP contribution < -0.4 is 10.6 Å². The van der Waals surface area contributed by atoms with Crippen molar-refractivity contribution in [3.8, 4) is 0 Å². The van der Waals surface area contributed by atoms with Crippen LogP contribution in [-0.2, 0) is 4.79 Å². The molecular weight excluding hydrogens is 200 g/mol. The second-order valence-electron chi connectivity index (χ2n) is 5.25. The fraction of sp³-hybridized carbons (Fsp3) is 0.923. The van der Waals surface area contributed by atoms with E-state index in [2.05, 4.69) is 31.4 Å². The van der Waals surface area contributed by atoms with E-state index in [1.807, 2.05) is 0 Å². The number of hydrogen-bond donors (Lipinski definition) is 2. The maximum Gasteiger partial charge on any atom is 0.234 e. The van der Waals surface area contributed by atoms with E-state index in [0.29, 0.717) is 18.5 Å². The number of amides is 1. The van der Waals surface area contributed by atoms with Crippen LogP contribution in [0.3, 0.4) is 0 Å². The molecule has 1 rings (SSSR count). The van der Waals surface area contributed by atoms with E-state index >= 15 is 0 Å². The van der Waals surface area contributed by atoms with E-state index < -0.39 is 0 Å². The Kier molecular flexibility index (Phi) is 5.81. The lowest BCUT2D eigenvalue weighted by atomic mass is 9.80. The molecule has 3 nitrogen and oxygen atoms in total. The summed E-state index contributed by atoms with van der Waals surface area (Å²) in [6.07, 6.45) is 4.71. The fourth-order valence-corrected chi connectivity index (χ4v) is 2.52. The third-order valence-corrected chi connectivity index (χ3v) is 3.49. The highest BCUT2D eigenvalue weighted by Crippen LogP contribution is 2.28. The van der Waals surface area contributed by atoms with Crippen molar-refractivity contribution in [1.29, 1.82) is 0 Å². The van der Waals surface area contributed by atoms with Crippen LogP contribution in [-0.4, -0.2) is 25.0 Å². The zero-order chi connectivity index (χ0) is 12.0. The zero-order valence-corrected chi connectivity index (χ0v) is 10.9. The van der Waals surface area contributed by atoms with Crippen molar-refractivity contribution < 1.29 is 4.79 Å². The highest BCUT2D eigenvalue weighted by atomic mass is 16.1. The molecule has 0 heterocycles. The van der Waals surface area contributed by atoms with Crippen molar-refractivity contribution >= 4 is 5.91 Å². The molecule has 0 spiro atoms. The predicted octanol–water partition coefficient (Wildman–Crippen LogP) is 1.93. The minimum Gasteiger partial charge on any atom is -0.352 e. The van der Waals surface area contributed by atoms with Crippen molar-refractivity contribution in [2.45, 2.75) is 52.5 Å². The van der Waals surface area contributed by atoms with Crippen LogP contribution in [0.4, 0.5) is 0 Å². The number of hydrogen-bond acceptors (Lipinski definition) is 2. The predicted molar refractivity (Wildman–Crippen MR) is 67.3 cm³/mol. The maximum atomic E-state index is 11.6. The summed E-state index contributed by atoms with van der Waals surface area (Å²) in [6.45, 7) is 8.05. The number of rotatable bonds is 5. The van der Waals surface area contributed by atoms with E-state index in [-0.39, 0.29) is 5.91 Å². The summed E-state index contributed by atoms with van der Waals surface area (Å²) in [5.41, 5.74) is 0. The second-order valence-corrected chi connectivity index (χ2v) is 5.25. The van der Waals surface area contributed by atoms with E-state index in [9.17, 15) is 4.79 Å². The molecule has 1 aliphatic rings. The van der Waals surface area contributed by atoms with Gasteiger partial charge in [0, 0.05) is 6.04 Å². The molecule has 0 radical (unpaired) electrons. The van der Waals surface area contributed by atoms with Gasteiger partial charge in [-0.2, -0.15) is 0 Å². The highest BCUT2D eigenvalue weighted by Gasteiger charge is 2.26. The van der Waals surface area contributed by atoms with Gasteiger partial charge in [0.1, 0.15) is 0 Å². The van der Waals surface area contributed by atoms with Gasteiger partial charge >= 0.3 is 0 Å². The van der Waals surface area contributed by atoms with E-state index in [1.165, 1.54) is 12.8 Å². The second kappa shape index (κ2) is 6.89. The Labute approximate surface area is 99.4 Å². The van der Waals surface area contributed by atoms with Crippen LogP contribution in [0.25, 0.3) is 0 Å². The minimum atomic E-state index is 0.153. The summed E-state index contributed by atoms with van der Waals surface area (Å²) in [5, 5.41) is 6.28. The quantitative estimate of drug-likeness (QED) is 0.703. The van der Waals surface area contributed by atoms with Crippen LogP contribution in [0.2, 0.25) is 0 Å². The minimum absolute atomic E-state index is 0.153. The van der Waals surface area contributed by atoms with Gasteiger partial charge < -0.3 is 10.6 Å². The molecule has 3 unspecified atom stereocenters. The van der Waals surface area contributed by atoms with Crippen LogP contribution >= 0.6 is 0 Å². The van der Waals surface area contributed by atoms with Gasteiger partial charge in [-0.3, -0.25) is 4.79 Å². The number of carbonyl (C=O) groups excluding carboxylic acids is 1. The molecule has 1 saturated carbocycles. The Balaban J connectivity index is 2.22. The average molecular weight is 226 g/mol. The highest BCUT2D eigenvalue weighted by molar-refractivity contribution is 5.78. The lowest BCUT2D eigenvalue weighted by Crippen LogP contribution is -2.45. The van der Waals surface area contributed by atoms with Crippen LogP contribution in [0.5, 0.6) is 0 Å². The Hall–Kier alpha value is -0.570. The Morgan fingerprint density at radius 1 is 1.31 bits per heavy atom. The van der Waals surface area contributed by atoms with Gasteiger partial charge in [-0.25, -0.2) is 0 Å². The van der Waals surface area contributed by atoms with Crippen molar-refractivity contribution in [2.24, 2.45) is 11.8 Å². The molecule has 16 heavy (non-hydrogen) atoms. The average Bonchev–Trinajstić information content (AvgIpc) is 2.23. The van der Waals surface area contributed by atoms with Crippen molar-refractivity contribution in [2.75, 3.05) is 13.1 Å². The number of carbonyl (C=O) groups is 1. The van der Waals surface area contributed by atoms with Crippen LogP contribution in [0, 0.1) is 11.8 Å². The Bertz CT molecular complexity index is 218. The molecule has 0 aromatic rings. The normalized spacial score (nSPS) is 30.1. The molecule has 1 aliphatic carbocycles. The first-order valence-corrected chi connectivity index (χ1v) is 6.63. The van der Waals surface area contributed by atoms with Gasteiger partial charge in [0.25, 0.3) is 0 Å². The first-order valence-electron chi connectivity index (χ1n) is 6.63. The molecule has 0 bridgehead atoms. The van der Waals surface area contributed by atoms with Gasteiger partial charge in [0.15, 0.2) is 0 Å². The standard InChI is InChI=1S/C13H26N2O/c1-4-7-14-9-13(16)15-12-6-5-10(2)8-11(12)3/h10-12,14H,4-9H2,1-3H3,(H,15,16). The SMILES string of the molecule is CCCNCC(=O)NC1CCC(C)CC1C. The molecule has 0 aromatic heterocycles. The molecular formula is C13H26N2O. The fourth-order valence-electron chi connectivity index (χ4n) is 2.52. The van der Waals surface area contributed by atoms with Crippen molar-refractivity contribution in [1.82, 2.24) is 10.6 Å². The molecule has 0 aliphatic heterocycles. The zero-order valence-electron chi connectivity index (χ0n) is 10.9. The van der Waals surface area contributed by atoms with Crippen LogP contribution in [0.15, 0.2) is 0 Å². The molecule has 1 fully saturated rings.